The maximum atomic E-state index is 3.87. The van der Waals surface area contributed by atoms with E-state index >= 15 is 0 Å². The van der Waals surface area contributed by atoms with Crippen LogP contribution in [0.4, 0.5) is 5.69 Å². The fraction of sp³-hybridized carbons (Fsp3) is 0. The lowest BCUT2D eigenvalue weighted by atomic mass is 10.1. The Hall–Kier alpha value is -1.05. The molecule has 0 radical (unpaired) electrons. The lowest BCUT2D eigenvalue weighted by molar-refractivity contribution is -0.254. The Labute approximate surface area is 77.6 Å². The highest BCUT2D eigenvalue weighted by Crippen LogP contribution is 2.15. The molecule has 0 aliphatic carbocycles. The minimum atomic E-state index is 0. The zero-order chi connectivity index (χ0) is 7.68. The van der Waals surface area contributed by atoms with Crippen molar-refractivity contribution in [1.82, 2.24) is 0 Å². The molecule has 0 aliphatic heterocycles. The van der Waals surface area contributed by atoms with E-state index in [2.05, 4.69) is 30.0 Å². The topological polar surface area (TPSA) is 27.6 Å². The van der Waals surface area contributed by atoms with Crippen LogP contribution in [0.1, 0.15) is 0 Å². The Kier molecular flexibility index (Phi) is 2.69. The first kappa shape index (κ1) is 9.04. The molecule has 3 N–H and O–H groups in total. The molecule has 2 heteroatoms. The Morgan fingerprint density at radius 1 is 0.833 bits per heavy atom. The van der Waals surface area contributed by atoms with Crippen LogP contribution in [0.25, 0.3) is 10.8 Å². The van der Waals surface area contributed by atoms with E-state index in [4.69, 9.17) is 0 Å². The first-order chi connectivity index (χ1) is 5.36. The predicted molar refractivity (Wildman–Crippen MR) is 46.5 cm³/mol. The zero-order valence-electron chi connectivity index (χ0n) is 6.63. The van der Waals surface area contributed by atoms with E-state index in [-0.39, 0.29) is 12.4 Å². The predicted octanol–water partition coefficient (Wildman–Crippen LogP) is -1.28. The molecule has 0 unspecified atom stereocenters. The van der Waals surface area contributed by atoms with Gasteiger partial charge in [0.15, 0.2) is 0 Å². The van der Waals surface area contributed by atoms with Crippen molar-refractivity contribution in [3.05, 3.63) is 42.5 Å². The summed E-state index contributed by atoms with van der Waals surface area (Å²) in [6.07, 6.45) is 0. The van der Waals surface area contributed by atoms with Crippen LogP contribution < -0.4 is 18.1 Å². The molecule has 12 heavy (non-hydrogen) atoms. The Morgan fingerprint density at radius 2 is 1.50 bits per heavy atom. The van der Waals surface area contributed by atoms with Crippen LogP contribution in [0.15, 0.2) is 42.5 Å². The average Bonchev–Trinajstić information content (AvgIpc) is 2.04. The maximum absolute atomic E-state index is 3.87. The highest BCUT2D eigenvalue weighted by Gasteiger charge is 1.92. The largest absolute Gasteiger partial charge is 1.00 e. The molecule has 2 aromatic carbocycles. The highest BCUT2D eigenvalue weighted by molar-refractivity contribution is 5.84. The molecule has 0 aliphatic rings. The summed E-state index contributed by atoms with van der Waals surface area (Å²) in [6, 6.07) is 14.5. The van der Waals surface area contributed by atoms with Crippen molar-refractivity contribution in [3.8, 4) is 0 Å². The van der Waals surface area contributed by atoms with E-state index in [9.17, 15) is 0 Å². The number of halogens is 1. The van der Waals surface area contributed by atoms with Crippen LogP contribution in [-0.4, -0.2) is 0 Å². The van der Waals surface area contributed by atoms with Crippen LogP contribution in [0.3, 0.4) is 0 Å². The molecular formula is C10H10ClN. The second-order valence-electron chi connectivity index (χ2n) is 2.68. The second-order valence-corrected chi connectivity index (χ2v) is 2.68. The van der Waals surface area contributed by atoms with E-state index < -0.39 is 0 Å². The maximum Gasteiger partial charge on any atom is 0.128 e. The Bertz CT molecular complexity index is 384. The quantitative estimate of drug-likeness (QED) is 0.522. The van der Waals surface area contributed by atoms with Crippen LogP contribution in [-0.2, 0) is 0 Å². The molecule has 0 saturated heterocycles. The molecule has 0 bridgehead atoms. The smallest absolute Gasteiger partial charge is 0.128 e. The molecule has 0 aromatic heterocycles. The van der Waals surface area contributed by atoms with E-state index in [0.717, 1.165) is 5.69 Å². The van der Waals surface area contributed by atoms with Gasteiger partial charge in [-0.25, -0.2) is 0 Å². The van der Waals surface area contributed by atoms with Crippen molar-refractivity contribution in [2.24, 2.45) is 0 Å². The van der Waals surface area contributed by atoms with Crippen molar-refractivity contribution in [1.29, 1.82) is 0 Å². The van der Waals surface area contributed by atoms with Gasteiger partial charge in [0.25, 0.3) is 0 Å². The van der Waals surface area contributed by atoms with Gasteiger partial charge in [-0.05, 0) is 22.9 Å². The molecule has 1 nitrogen and oxygen atoms in total. The summed E-state index contributed by atoms with van der Waals surface area (Å²) in [6.45, 7) is 0. The molecule has 0 spiro atoms. The molecular weight excluding hydrogens is 170 g/mol. The van der Waals surface area contributed by atoms with Gasteiger partial charge in [0, 0.05) is 6.07 Å². The van der Waals surface area contributed by atoms with Gasteiger partial charge in [0.1, 0.15) is 5.69 Å². The number of benzene rings is 2. The van der Waals surface area contributed by atoms with E-state index in [1.165, 1.54) is 10.8 Å². The van der Waals surface area contributed by atoms with Crippen molar-refractivity contribution in [3.63, 3.8) is 0 Å². The Morgan fingerprint density at radius 3 is 2.25 bits per heavy atom. The first-order valence-electron chi connectivity index (χ1n) is 3.67. The molecule has 0 heterocycles. The number of quaternary nitrogens is 1. The third-order valence-electron chi connectivity index (χ3n) is 1.81. The second kappa shape index (κ2) is 3.57. The number of rotatable bonds is 0. The normalized spacial score (nSPS) is 9.42. The summed E-state index contributed by atoms with van der Waals surface area (Å²) >= 11 is 0. The lowest BCUT2D eigenvalue weighted by Crippen LogP contribution is -3.00. The molecule has 62 valence electrons. The summed E-state index contributed by atoms with van der Waals surface area (Å²) < 4.78 is 0. The van der Waals surface area contributed by atoms with Gasteiger partial charge in [-0.3, -0.25) is 0 Å². The number of hydrogen-bond acceptors (Lipinski definition) is 0. The van der Waals surface area contributed by atoms with Crippen LogP contribution >= 0.6 is 0 Å². The minimum absolute atomic E-state index is 0. The van der Waals surface area contributed by atoms with Crippen molar-refractivity contribution in [2.75, 3.05) is 0 Å². The fourth-order valence-electron chi connectivity index (χ4n) is 1.24. The van der Waals surface area contributed by atoms with Crippen molar-refractivity contribution >= 4 is 16.5 Å². The highest BCUT2D eigenvalue weighted by atomic mass is 35.5. The SMILES string of the molecule is [Cl-].[NH3+]c1ccc2ccccc2c1. The van der Waals surface area contributed by atoms with Gasteiger partial charge >= 0.3 is 0 Å². The monoisotopic (exact) mass is 179 g/mol. The van der Waals surface area contributed by atoms with Crippen LogP contribution in [0, 0.1) is 0 Å². The average molecular weight is 180 g/mol. The number of hydrogen-bond donors (Lipinski definition) is 1. The Balaban J connectivity index is 0.000000720. The third kappa shape index (κ3) is 1.58. The molecule has 0 amide bonds. The van der Waals surface area contributed by atoms with E-state index in [1.807, 2.05) is 18.2 Å². The molecule has 2 rings (SSSR count). The zero-order valence-corrected chi connectivity index (χ0v) is 7.38. The van der Waals surface area contributed by atoms with E-state index in [0.29, 0.717) is 0 Å². The standard InChI is InChI=1S/C10H9N.ClH/c11-10-6-5-8-3-1-2-4-9(8)7-10;/h1-7H,11H2;1H. The molecule has 0 fully saturated rings. The van der Waals surface area contributed by atoms with Gasteiger partial charge in [0.05, 0.1) is 0 Å². The molecule has 0 saturated carbocycles. The van der Waals surface area contributed by atoms with Crippen molar-refractivity contribution in [2.45, 2.75) is 0 Å². The first-order valence-corrected chi connectivity index (χ1v) is 3.67. The molecule has 0 atom stereocenters. The molecule has 2 aromatic rings. The summed E-state index contributed by atoms with van der Waals surface area (Å²) in [4.78, 5) is 0. The van der Waals surface area contributed by atoms with Crippen LogP contribution in [0.2, 0.25) is 0 Å². The van der Waals surface area contributed by atoms with Crippen LogP contribution in [0.5, 0.6) is 0 Å². The summed E-state index contributed by atoms with van der Waals surface area (Å²) in [5.41, 5.74) is 4.94. The summed E-state index contributed by atoms with van der Waals surface area (Å²) in [7, 11) is 0. The van der Waals surface area contributed by atoms with Gasteiger partial charge in [-0.2, -0.15) is 0 Å². The van der Waals surface area contributed by atoms with E-state index in [1.54, 1.807) is 0 Å². The van der Waals surface area contributed by atoms with Crippen molar-refractivity contribution < 1.29 is 18.1 Å². The lowest BCUT2D eigenvalue weighted by Gasteiger charge is -1.94. The summed E-state index contributed by atoms with van der Waals surface area (Å²) in [5, 5.41) is 2.54. The number of fused-ring (bicyclic) bond motifs is 1. The van der Waals surface area contributed by atoms with Gasteiger partial charge < -0.3 is 18.1 Å². The summed E-state index contributed by atoms with van der Waals surface area (Å²) in [5.74, 6) is 0. The van der Waals surface area contributed by atoms with Gasteiger partial charge in [-0.1, -0.05) is 24.3 Å². The minimum Gasteiger partial charge on any atom is -1.00 e. The fourth-order valence-corrected chi connectivity index (χ4v) is 1.24. The third-order valence-corrected chi connectivity index (χ3v) is 1.81. The van der Waals surface area contributed by atoms with Gasteiger partial charge in [-0.15, -0.1) is 0 Å². The van der Waals surface area contributed by atoms with Gasteiger partial charge in [0.2, 0.25) is 0 Å².